The van der Waals surface area contributed by atoms with E-state index in [0.717, 1.165) is 30.6 Å². The standard InChI is InChI=1S/C22H28O/c1-3-17-5-7-18(8-6-17)19-9-11-20(12-10-19)21-13-15-22(16-14-21)23-4-2/h5-8,13-16,19-20H,3-4,9-12H2,1-2H3. The Hall–Kier alpha value is -1.76. The van der Waals surface area contributed by atoms with Gasteiger partial charge in [0.25, 0.3) is 0 Å². The molecule has 0 bridgehead atoms. The first-order valence-corrected chi connectivity index (χ1v) is 9.11. The Balaban J connectivity index is 1.59. The van der Waals surface area contributed by atoms with Crippen LogP contribution in [0.25, 0.3) is 0 Å². The molecule has 0 N–H and O–H groups in total. The van der Waals surface area contributed by atoms with E-state index in [1.807, 2.05) is 6.92 Å². The third-order valence-electron chi connectivity index (χ3n) is 5.25. The van der Waals surface area contributed by atoms with Gasteiger partial charge in [-0.15, -0.1) is 0 Å². The van der Waals surface area contributed by atoms with Crippen LogP contribution < -0.4 is 4.74 Å². The molecule has 1 aliphatic rings. The molecule has 0 aliphatic heterocycles. The van der Waals surface area contributed by atoms with E-state index < -0.39 is 0 Å². The van der Waals surface area contributed by atoms with E-state index in [4.69, 9.17) is 4.74 Å². The van der Waals surface area contributed by atoms with Gasteiger partial charge in [0.2, 0.25) is 0 Å². The predicted octanol–water partition coefficient (Wildman–Crippen LogP) is 6.09. The largest absolute Gasteiger partial charge is 0.494 e. The number of aryl methyl sites for hydroxylation is 1. The van der Waals surface area contributed by atoms with Gasteiger partial charge in [-0.2, -0.15) is 0 Å². The summed E-state index contributed by atoms with van der Waals surface area (Å²) in [5.41, 5.74) is 4.46. The first-order chi connectivity index (χ1) is 11.3. The highest BCUT2D eigenvalue weighted by atomic mass is 16.5. The van der Waals surface area contributed by atoms with Crippen molar-refractivity contribution in [1.29, 1.82) is 0 Å². The molecule has 1 nitrogen and oxygen atoms in total. The zero-order chi connectivity index (χ0) is 16.1. The number of rotatable bonds is 5. The van der Waals surface area contributed by atoms with Crippen LogP contribution in [-0.4, -0.2) is 6.61 Å². The van der Waals surface area contributed by atoms with Gasteiger partial charge in [-0.1, -0.05) is 43.3 Å². The van der Waals surface area contributed by atoms with E-state index in [9.17, 15) is 0 Å². The first kappa shape index (κ1) is 16.1. The minimum Gasteiger partial charge on any atom is -0.494 e. The highest BCUT2D eigenvalue weighted by Gasteiger charge is 2.23. The van der Waals surface area contributed by atoms with Crippen molar-refractivity contribution in [2.45, 2.75) is 57.8 Å². The third-order valence-corrected chi connectivity index (χ3v) is 5.25. The Bertz CT molecular complexity index is 589. The van der Waals surface area contributed by atoms with Crippen LogP contribution in [0.15, 0.2) is 48.5 Å². The molecular weight excluding hydrogens is 280 g/mol. The molecule has 1 saturated carbocycles. The number of benzene rings is 2. The van der Waals surface area contributed by atoms with Gasteiger partial charge in [-0.05, 0) is 79.7 Å². The highest BCUT2D eigenvalue weighted by Crippen LogP contribution is 2.40. The Morgan fingerprint density at radius 2 is 1.22 bits per heavy atom. The minimum absolute atomic E-state index is 0.719. The molecule has 0 heterocycles. The second-order valence-electron chi connectivity index (χ2n) is 6.65. The van der Waals surface area contributed by atoms with Gasteiger partial charge >= 0.3 is 0 Å². The summed E-state index contributed by atoms with van der Waals surface area (Å²) in [6.45, 7) is 4.99. The summed E-state index contributed by atoms with van der Waals surface area (Å²) in [7, 11) is 0. The molecule has 3 rings (SSSR count). The quantitative estimate of drug-likeness (QED) is 0.649. The van der Waals surface area contributed by atoms with Crippen LogP contribution in [0.4, 0.5) is 0 Å². The molecule has 122 valence electrons. The van der Waals surface area contributed by atoms with Gasteiger partial charge in [0.15, 0.2) is 0 Å². The maximum atomic E-state index is 5.54. The van der Waals surface area contributed by atoms with Gasteiger partial charge in [0.05, 0.1) is 6.61 Å². The van der Waals surface area contributed by atoms with Crippen LogP contribution >= 0.6 is 0 Å². The molecule has 0 spiro atoms. The number of hydrogen-bond donors (Lipinski definition) is 0. The average molecular weight is 308 g/mol. The molecule has 0 atom stereocenters. The lowest BCUT2D eigenvalue weighted by Crippen LogP contribution is -2.12. The van der Waals surface area contributed by atoms with Crippen molar-refractivity contribution in [3.8, 4) is 5.75 Å². The van der Waals surface area contributed by atoms with Gasteiger partial charge < -0.3 is 4.74 Å². The van der Waals surface area contributed by atoms with Crippen LogP contribution in [0.2, 0.25) is 0 Å². The van der Waals surface area contributed by atoms with Crippen molar-refractivity contribution in [2.24, 2.45) is 0 Å². The van der Waals surface area contributed by atoms with Crippen molar-refractivity contribution >= 4 is 0 Å². The summed E-state index contributed by atoms with van der Waals surface area (Å²) in [5, 5.41) is 0. The third kappa shape index (κ3) is 3.96. The molecule has 0 amide bonds. The first-order valence-electron chi connectivity index (χ1n) is 9.11. The monoisotopic (exact) mass is 308 g/mol. The molecule has 0 aromatic heterocycles. The van der Waals surface area contributed by atoms with Crippen LogP contribution in [0.1, 0.15) is 68.1 Å². The van der Waals surface area contributed by atoms with E-state index in [2.05, 4.69) is 55.5 Å². The Kier molecular flexibility index (Phi) is 5.38. The average Bonchev–Trinajstić information content (AvgIpc) is 2.63. The van der Waals surface area contributed by atoms with E-state index in [1.165, 1.54) is 42.4 Å². The smallest absolute Gasteiger partial charge is 0.119 e. The normalized spacial score (nSPS) is 21.1. The molecule has 1 fully saturated rings. The van der Waals surface area contributed by atoms with Crippen LogP contribution in [-0.2, 0) is 6.42 Å². The second-order valence-corrected chi connectivity index (χ2v) is 6.65. The van der Waals surface area contributed by atoms with Crippen molar-refractivity contribution < 1.29 is 4.74 Å². The molecular formula is C22H28O. The SMILES string of the molecule is CCOc1ccc(C2CCC(c3ccc(CC)cc3)CC2)cc1. The zero-order valence-electron chi connectivity index (χ0n) is 14.4. The molecule has 0 unspecified atom stereocenters. The molecule has 0 saturated heterocycles. The summed E-state index contributed by atoms with van der Waals surface area (Å²) in [6, 6.07) is 18.0. The van der Waals surface area contributed by atoms with E-state index in [1.54, 1.807) is 0 Å². The summed E-state index contributed by atoms with van der Waals surface area (Å²) < 4.78 is 5.54. The molecule has 0 radical (unpaired) electrons. The summed E-state index contributed by atoms with van der Waals surface area (Å²) in [4.78, 5) is 0. The van der Waals surface area contributed by atoms with Gasteiger partial charge in [0, 0.05) is 0 Å². The van der Waals surface area contributed by atoms with Crippen molar-refractivity contribution in [3.63, 3.8) is 0 Å². The lowest BCUT2D eigenvalue weighted by Gasteiger charge is -2.29. The fourth-order valence-corrected chi connectivity index (χ4v) is 3.79. The van der Waals surface area contributed by atoms with Crippen LogP contribution in [0, 0.1) is 0 Å². The molecule has 2 aromatic rings. The lowest BCUT2D eigenvalue weighted by atomic mass is 9.76. The molecule has 1 heteroatoms. The summed E-state index contributed by atoms with van der Waals surface area (Å²) in [5.74, 6) is 2.46. The van der Waals surface area contributed by atoms with E-state index in [0.29, 0.717) is 0 Å². The summed E-state index contributed by atoms with van der Waals surface area (Å²) >= 11 is 0. The number of hydrogen-bond acceptors (Lipinski definition) is 1. The van der Waals surface area contributed by atoms with Gasteiger partial charge in [-0.3, -0.25) is 0 Å². The zero-order valence-corrected chi connectivity index (χ0v) is 14.4. The predicted molar refractivity (Wildman–Crippen MR) is 97.4 cm³/mol. The van der Waals surface area contributed by atoms with E-state index in [-0.39, 0.29) is 0 Å². The Labute approximate surface area is 140 Å². The fourth-order valence-electron chi connectivity index (χ4n) is 3.79. The van der Waals surface area contributed by atoms with Crippen LogP contribution in [0.3, 0.4) is 0 Å². The Morgan fingerprint density at radius 3 is 1.65 bits per heavy atom. The molecule has 2 aromatic carbocycles. The fraction of sp³-hybridized carbons (Fsp3) is 0.455. The lowest BCUT2D eigenvalue weighted by molar-refractivity contribution is 0.339. The van der Waals surface area contributed by atoms with Gasteiger partial charge in [0.1, 0.15) is 5.75 Å². The molecule has 1 aliphatic carbocycles. The van der Waals surface area contributed by atoms with Gasteiger partial charge in [-0.25, -0.2) is 0 Å². The molecule has 23 heavy (non-hydrogen) atoms. The van der Waals surface area contributed by atoms with Crippen molar-refractivity contribution in [1.82, 2.24) is 0 Å². The Morgan fingerprint density at radius 1 is 0.739 bits per heavy atom. The second kappa shape index (κ2) is 7.68. The summed E-state index contributed by atoms with van der Waals surface area (Å²) in [6.07, 6.45) is 6.35. The number of ether oxygens (including phenoxy) is 1. The van der Waals surface area contributed by atoms with E-state index >= 15 is 0 Å². The maximum absolute atomic E-state index is 5.54. The topological polar surface area (TPSA) is 9.23 Å². The maximum Gasteiger partial charge on any atom is 0.119 e. The van der Waals surface area contributed by atoms with Crippen molar-refractivity contribution in [3.05, 3.63) is 65.2 Å². The van der Waals surface area contributed by atoms with Crippen LogP contribution in [0.5, 0.6) is 5.75 Å². The minimum atomic E-state index is 0.719. The van der Waals surface area contributed by atoms with Crippen molar-refractivity contribution in [2.75, 3.05) is 6.61 Å². The highest BCUT2D eigenvalue weighted by molar-refractivity contribution is 5.31.